The first-order valence-electron chi connectivity index (χ1n) is 8.48. The number of aromatic nitrogens is 4. The molecule has 0 fully saturated rings. The summed E-state index contributed by atoms with van der Waals surface area (Å²) in [6.07, 6.45) is 4.76. The standard InChI is InChI=1S/C18H17N5O4/c1-26-13-5-6-14-12(10-13)4-2-9-22(14)15(24)11-23-17(21-27-18(23)25)16-19-7-3-8-20-16/h3,5-8,10H,2,4,9,11H2,1H3. The number of hydrogen-bond acceptors (Lipinski definition) is 7. The van der Waals surface area contributed by atoms with Crippen LogP contribution in [0.25, 0.3) is 11.6 Å². The highest BCUT2D eigenvalue weighted by atomic mass is 16.5. The predicted octanol–water partition coefficient (Wildman–Crippen LogP) is 1.28. The first kappa shape index (κ1) is 17.0. The molecule has 9 heteroatoms. The maximum absolute atomic E-state index is 12.9. The molecule has 1 aliphatic heterocycles. The molecule has 1 aromatic carbocycles. The minimum absolute atomic E-state index is 0.126. The number of nitrogens with zero attached hydrogens (tertiary/aromatic N) is 5. The highest BCUT2D eigenvalue weighted by Crippen LogP contribution is 2.30. The van der Waals surface area contributed by atoms with Crippen molar-refractivity contribution in [3.63, 3.8) is 0 Å². The van der Waals surface area contributed by atoms with Crippen molar-refractivity contribution in [2.24, 2.45) is 0 Å². The SMILES string of the molecule is COc1ccc2c(c1)CCCN2C(=O)Cn1c(-c2ncccn2)noc1=O. The Hall–Kier alpha value is -3.49. The summed E-state index contributed by atoms with van der Waals surface area (Å²) < 4.78 is 11.1. The van der Waals surface area contributed by atoms with Crippen LogP contribution in [-0.2, 0) is 17.8 Å². The van der Waals surface area contributed by atoms with Gasteiger partial charge in [-0.3, -0.25) is 9.32 Å². The maximum atomic E-state index is 12.9. The highest BCUT2D eigenvalue weighted by Gasteiger charge is 2.25. The van der Waals surface area contributed by atoms with Crippen molar-refractivity contribution in [1.82, 2.24) is 19.7 Å². The Morgan fingerprint density at radius 1 is 1.30 bits per heavy atom. The molecular formula is C18H17N5O4. The molecule has 0 atom stereocenters. The monoisotopic (exact) mass is 367 g/mol. The molecule has 0 bridgehead atoms. The van der Waals surface area contributed by atoms with Crippen LogP contribution < -0.4 is 15.4 Å². The molecule has 9 nitrogen and oxygen atoms in total. The average Bonchev–Trinajstić information content (AvgIpc) is 3.08. The zero-order chi connectivity index (χ0) is 18.8. The van der Waals surface area contributed by atoms with Crippen LogP contribution >= 0.6 is 0 Å². The van der Waals surface area contributed by atoms with E-state index in [-0.39, 0.29) is 24.1 Å². The molecule has 1 amide bonds. The molecule has 3 aromatic rings. The summed E-state index contributed by atoms with van der Waals surface area (Å²) in [6.45, 7) is 0.372. The van der Waals surface area contributed by atoms with Crippen molar-refractivity contribution in [2.45, 2.75) is 19.4 Å². The summed E-state index contributed by atoms with van der Waals surface area (Å²) in [5.74, 6) is 0.143. The molecule has 0 saturated carbocycles. The molecule has 138 valence electrons. The van der Waals surface area contributed by atoms with Crippen LogP contribution in [0.2, 0.25) is 0 Å². The van der Waals surface area contributed by atoms with Crippen LogP contribution in [0, 0.1) is 0 Å². The summed E-state index contributed by atoms with van der Waals surface area (Å²) in [5, 5.41) is 3.71. The number of anilines is 1. The maximum Gasteiger partial charge on any atom is 0.442 e. The van der Waals surface area contributed by atoms with Gasteiger partial charge >= 0.3 is 5.76 Å². The van der Waals surface area contributed by atoms with Gasteiger partial charge in [-0.25, -0.2) is 19.3 Å². The van der Waals surface area contributed by atoms with E-state index in [1.165, 1.54) is 12.4 Å². The molecule has 0 spiro atoms. The minimum atomic E-state index is -0.724. The lowest BCUT2D eigenvalue weighted by atomic mass is 10.0. The molecule has 1 aliphatic rings. The summed E-state index contributed by atoms with van der Waals surface area (Å²) in [6, 6.07) is 7.27. The van der Waals surface area contributed by atoms with E-state index in [1.807, 2.05) is 18.2 Å². The van der Waals surface area contributed by atoms with Crippen LogP contribution in [0.15, 0.2) is 46.0 Å². The number of aryl methyl sites for hydroxylation is 1. The van der Waals surface area contributed by atoms with Gasteiger partial charge in [0.05, 0.1) is 7.11 Å². The number of carbonyl (C=O) groups is 1. The zero-order valence-corrected chi connectivity index (χ0v) is 14.7. The number of carbonyl (C=O) groups excluding carboxylic acids is 1. The van der Waals surface area contributed by atoms with Crippen LogP contribution in [0.5, 0.6) is 5.75 Å². The molecular weight excluding hydrogens is 350 g/mol. The second-order valence-corrected chi connectivity index (χ2v) is 6.07. The second kappa shape index (κ2) is 7.02. The topological polar surface area (TPSA) is 103 Å². The molecule has 27 heavy (non-hydrogen) atoms. The Labute approximate surface area is 154 Å². The van der Waals surface area contributed by atoms with E-state index in [1.54, 1.807) is 18.1 Å². The Bertz CT molecular complexity index is 1030. The number of methoxy groups -OCH3 is 1. The van der Waals surface area contributed by atoms with E-state index in [4.69, 9.17) is 9.26 Å². The largest absolute Gasteiger partial charge is 0.497 e. The fourth-order valence-electron chi connectivity index (χ4n) is 3.16. The lowest BCUT2D eigenvalue weighted by Gasteiger charge is -2.29. The van der Waals surface area contributed by atoms with Gasteiger partial charge in [0.2, 0.25) is 11.7 Å². The second-order valence-electron chi connectivity index (χ2n) is 6.07. The smallest absolute Gasteiger partial charge is 0.442 e. The minimum Gasteiger partial charge on any atom is -0.497 e. The highest BCUT2D eigenvalue weighted by molar-refractivity contribution is 5.94. The first-order valence-corrected chi connectivity index (χ1v) is 8.48. The molecule has 0 unspecified atom stereocenters. The number of hydrogen-bond donors (Lipinski definition) is 0. The fraction of sp³-hybridized carbons (Fsp3) is 0.278. The third kappa shape index (κ3) is 3.19. The van der Waals surface area contributed by atoms with Crippen molar-refractivity contribution in [3.8, 4) is 17.4 Å². The van der Waals surface area contributed by atoms with Gasteiger partial charge in [-0.2, -0.15) is 0 Å². The lowest BCUT2D eigenvalue weighted by molar-refractivity contribution is -0.119. The van der Waals surface area contributed by atoms with Crippen LogP contribution in [0.3, 0.4) is 0 Å². The summed E-state index contributed by atoms with van der Waals surface area (Å²) in [4.78, 5) is 34.8. The molecule has 0 radical (unpaired) electrons. The van der Waals surface area contributed by atoms with Gasteiger partial charge in [0.1, 0.15) is 12.3 Å². The van der Waals surface area contributed by atoms with Crippen molar-refractivity contribution < 1.29 is 14.1 Å². The number of amides is 1. The van der Waals surface area contributed by atoms with Gasteiger partial charge in [-0.15, -0.1) is 0 Å². The molecule has 4 rings (SSSR count). The third-order valence-electron chi connectivity index (χ3n) is 4.45. The third-order valence-corrected chi connectivity index (χ3v) is 4.45. The zero-order valence-electron chi connectivity index (χ0n) is 14.7. The van der Waals surface area contributed by atoms with E-state index in [9.17, 15) is 9.59 Å². The fourth-order valence-corrected chi connectivity index (χ4v) is 3.16. The van der Waals surface area contributed by atoms with E-state index in [0.29, 0.717) is 6.54 Å². The van der Waals surface area contributed by atoms with Crippen LogP contribution in [0.1, 0.15) is 12.0 Å². The number of rotatable bonds is 4. The summed E-state index contributed by atoms with van der Waals surface area (Å²) in [5.41, 5.74) is 1.87. The van der Waals surface area contributed by atoms with E-state index >= 15 is 0 Å². The van der Waals surface area contributed by atoms with Crippen molar-refractivity contribution in [1.29, 1.82) is 0 Å². The van der Waals surface area contributed by atoms with Crippen molar-refractivity contribution >= 4 is 11.6 Å². The van der Waals surface area contributed by atoms with Gasteiger partial charge in [0.15, 0.2) is 5.82 Å². The lowest BCUT2D eigenvalue weighted by Crippen LogP contribution is -2.39. The Kier molecular flexibility index (Phi) is 4.41. The quantitative estimate of drug-likeness (QED) is 0.684. The average molecular weight is 367 g/mol. The Morgan fingerprint density at radius 2 is 2.11 bits per heavy atom. The first-order chi connectivity index (χ1) is 13.2. The predicted molar refractivity (Wildman–Crippen MR) is 95.5 cm³/mol. The Balaban J connectivity index is 1.64. The number of benzene rings is 1. The van der Waals surface area contributed by atoms with Gasteiger partial charge in [-0.1, -0.05) is 5.16 Å². The molecule has 0 N–H and O–H groups in total. The number of fused-ring (bicyclic) bond motifs is 1. The summed E-state index contributed by atoms with van der Waals surface area (Å²) in [7, 11) is 1.61. The normalized spacial score (nSPS) is 13.3. The summed E-state index contributed by atoms with van der Waals surface area (Å²) >= 11 is 0. The van der Waals surface area contributed by atoms with Crippen LogP contribution in [0.4, 0.5) is 5.69 Å². The van der Waals surface area contributed by atoms with Crippen molar-refractivity contribution in [3.05, 3.63) is 52.8 Å². The van der Waals surface area contributed by atoms with E-state index in [0.717, 1.165) is 34.4 Å². The van der Waals surface area contributed by atoms with E-state index in [2.05, 4.69) is 15.1 Å². The van der Waals surface area contributed by atoms with Gasteiger partial charge in [0.25, 0.3) is 0 Å². The van der Waals surface area contributed by atoms with Crippen LogP contribution in [-0.4, -0.2) is 39.3 Å². The van der Waals surface area contributed by atoms with Gasteiger partial charge in [0, 0.05) is 24.6 Å². The molecule has 0 saturated heterocycles. The van der Waals surface area contributed by atoms with E-state index < -0.39 is 5.76 Å². The Morgan fingerprint density at radius 3 is 2.89 bits per heavy atom. The molecule has 2 aromatic heterocycles. The number of ether oxygens (including phenoxy) is 1. The molecule has 0 aliphatic carbocycles. The van der Waals surface area contributed by atoms with Crippen molar-refractivity contribution in [2.75, 3.05) is 18.6 Å². The van der Waals surface area contributed by atoms with Gasteiger partial charge < -0.3 is 9.64 Å². The molecule has 3 heterocycles. The van der Waals surface area contributed by atoms with Gasteiger partial charge in [-0.05, 0) is 42.7 Å².